The molecule has 0 radical (unpaired) electrons. The molecule has 0 saturated heterocycles. The van der Waals surface area contributed by atoms with Gasteiger partial charge in [-0.1, -0.05) is 18.2 Å². The molecule has 0 unspecified atom stereocenters. The van der Waals surface area contributed by atoms with Gasteiger partial charge >= 0.3 is 5.69 Å². The largest absolute Gasteiger partial charge is 0.328 e. The molecule has 88 valence electrons. The molecule has 0 aliphatic heterocycles. The second-order valence-electron chi connectivity index (χ2n) is 3.53. The number of anilines is 2. The zero-order valence-corrected chi connectivity index (χ0v) is 9.23. The van der Waals surface area contributed by atoms with Crippen LogP contribution in [-0.4, -0.2) is 9.55 Å². The number of aryl methyl sites for hydroxylation is 1. The van der Waals surface area contributed by atoms with E-state index in [2.05, 4.69) is 15.8 Å². The first-order valence-corrected chi connectivity index (χ1v) is 5.04. The molecule has 0 saturated carbocycles. The number of aromatic nitrogens is 2. The minimum Gasteiger partial charge on any atom is -0.302 e. The lowest BCUT2D eigenvalue weighted by Gasteiger charge is -2.09. The van der Waals surface area contributed by atoms with Crippen molar-refractivity contribution in [1.29, 1.82) is 0 Å². The van der Waals surface area contributed by atoms with Gasteiger partial charge in [0.2, 0.25) is 0 Å². The summed E-state index contributed by atoms with van der Waals surface area (Å²) in [6.07, 6.45) is 1.43. The molecule has 1 aromatic carbocycles. The monoisotopic (exact) mass is 232 g/mol. The van der Waals surface area contributed by atoms with Crippen molar-refractivity contribution in [1.82, 2.24) is 9.55 Å². The molecule has 6 nitrogen and oxygen atoms in total. The standard InChI is InChI=1S/C11H12N4O2/c1-15-7-9(10(16)12-11(15)17)14-13-8-5-3-2-4-6-8/h2-7,13-14H,1H3,(H,12,16,17). The second kappa shape index (κ2) is 4.56. The fraction of sp³-hybridized carbons (Fsp3) is 0.0909. The summed E-state index contributed by atoms with van der Waals surface area (Å²) in [4.78, 5) is 24.8. The Morgan fingerprint density at radius 1 is 1.12 bits per heavy atom. The SMILES string of the molecule is Cn1cc(NNc2ccccc2)c(=O)[nH]c1=O. The molecule has 0 aliphatic carbocycles. The van der Waals surface area contributed by atoms with Crippen LogP contribution in [0.4, 0.5) is 11.4 Å². The van der Waals surface area contributed by atoms with Gasteiger partial charge in [-0.05, 0) is 12.1 Å². The lowest BCUT2D eigenvalue weighted by Crippen LogP contribution is -2.30. The van der Waals surface area contributed by atoms with Gasteiger partial charge in [0.25, 0.3) is 5.56 Å². The Morgan fingerprint density at radius 2 is 1.82 bits per heavy atom. The Balaban J connectivity index is 2.18. The van der Waals surface area contributed by atoms with E-state index in [1.807, 2.05) is 30.3 Å². The van der Waals surface area contributed by atoms with E-state index < -0.39 is 11.2 Å². The van der Waals surface area contributed by atoms with Crippen LogP contribution in [0.3, 0.4) is 0 Å². The zero-order valence-electron chi connectivity index (χ0n) is 9.23. The third-order valence-electron chi connectivity index (χ3n) is 2.22. The first-order chi connectivity index (χ1) is 8.16. The van der Waals surface area contributed by atoms with Gasteiger partial charge in [0.1, 0.15) is 5.69 Å². The predicted octanol–water partition coefficient (Wildman–Crippen LogP) is 0.513. The number of nitrogens with one attached hydrogen (secondary N) is 3. The van der Waals surface area contributed by atoms with Crippen molar-refractivity contribution >= 4 is 11.4 Å². The second-order valence-corrected chi connectivity index (χ2v) is 3.53. The quantitative estimate of drug-likeness (QED) is 0.674. The molecular formula is C11H12N4O2. The molecule has 1 heterocycles. The smallest absolute Gasteiger partial charge is 0.302 e. The van der Waals surface area contributed by atoms with Crippen LogP contribution in [0.1, 0.15) is 0 Å². The minimum atomic E-state index is -0.462. The number of rotatable bonds is 3. The molecule has 3 N–H and O–H groups in total. The summed E-state index contributed by atoms with van der Waals surface area (Å²) < 4.78 is 1.29. The highest BCUT2D eigenvalue weighted by Crippen LogP contribution is 2.05. The number of nitrogens with zero attached hydrogens (tertiary/aromatic N) is 1. The maximum atomic E-state index is 11.4. The van der Waals surface area contributed by atoms with Crippen LogP contribution < -0.4 is 22.1 Å². The van der Waals surface area contributed by atoms with Crippen LogP contribution >= 0.6 is 0 Å². The summed E-state index contributed by atoms with van der Waals surface area (Å²) in [5, 5.41) is 0. The third-order valence-corrected chi connectivity index (χ3v) is 2.22. The molecule has 0 spiro atoms. The van der Waals surface area contributed by atoms with Gasteiger partial charge < -0.3 is 9.99 Å². The number of para-hydroxylation sites is 1. The van der Waals surface area contributed by atoms with E-state index in [-0.39, 0.29) is 5.69 Å². The van der Waals surface area contributed by atoms with E-state index in [0.29, 0.717) is 0 Å². The van der Waals surface area contributed by atoms with Gasteiger partial charge in [-0.25, -0.2) is 4.79 Å². The van der Waals surface area contributed by atoms with Gasteiger partial charge in [0.15, 0.2) is 0 Å². The maximum absolute atomic E-state index is 11.4. The Labute approximate surface area is 96.9 Å². The van der Waals surface area contributed by atoms with Gasteiger partial charge in [-0.3, -0.25) is 15.2 Å². The Bertz CT molecular complexity index is 615. The van der Waals surface area contributed by atoms with Crippen molar-refractivity contribution in [3.63, 3.8) is 0 Å². The number of hydrogen-bond donors (Lipinski definition) is 3. The molecule has 2 aromatic rings. The lowest BCUT2D eigenvalue weighted by atomic mass is 10.3. The fourth-order valence-corrected chi connectivity index (χ4v) is 1.31. The van der Waals surface area contributed by atoms with E-state index in [9.17, 15) is 9.59 Å². The van der Waals surface area contributed by atoms with Crippen molar-refractivity contribution < 1.29 is 0 Å². The zero-order chi connectivity index (χ0) is 12.3. The van der Waals surface area contributed by atoms with E-state index in [4.69, 9.17) is 0 Å². The van der Waals surface area contributed by atoms with Crippen molar-refractivity contribution in [2.45, 2.75) is 0 Å². The lowest BCUT2D eigenvalue weighted by molar-refractivity contribution is 0.801. The van der Waals surface area contributed by atoms with Crippen molar-refractivity contribution in [3.05, 3.63) is 57.4 Å². The summed E-state index contributed by atoms with van der Waals surface area (Å²) in [6, 6.07) is 9.33. The summed E-state index contributed by atoms with van der Waals surface area (Å²) >= 11 is 0. The fourth-order valence-electron chi connectivity index (χ4n) is 1.31. The van der Waals surface area contributed by atoms with Crippen molar-refractivity contribution in [2.75, 3.05) is 10.9 Å². The highest BCUT2D eigenvalue weighted by atomic mass is 16.2. The van der Waals surface area contributed by atoms with Crippen LogP contribution in [0.2, 0.25) is 0 Å². The molecule has 1 aromatic heterocycles. The van der Waals surface area contributed by atoms with Crippen LogP contribution in [0.15, 0.2) is 46.1 Å². The number of H-pyrrole nitrogens is 1. The minimum absolute atomic E-state index is 0.274. The molecule has 0 bridgehead atoms. The summed E-state index contributed by atoms with van der Waals surface area (Å²) in [5.41, 5.74) is 5.80. The van der Waals surface area contributed by atoms with Gasteiger partial charge in [-0.15, -0.1) is 0 Å². The van der Waals surface area contributed by atoms with Crippen LogP contribution in [-0.2, 0) is 7.05 Å². The Hall–Kier alpha value is -2.50. The first-order valence-electron chi connectivity index (χ1n) is 5.04. The molecule has 2 rings (SSSR count). The molecular weight excluding hydrogens is 220 g/mol. The maximum Gasteiger partial charge on any atom is 0.328 e. The average molecular weight is 232 g/mol. The van der Waals surface area contributed by atoms with E-state index in [1.165, 1.54) is 10.8 Å². The Kier molecular flexibility index (Phi) is 2.95. The molecule has 17 heavy (non-hydrogen) atoms. The highest BCUT2D eigenvalue weighted by Gasteiger charge is 2.01. The van der Waals surface area contributed by atoms with Crippen molar-refractivity contribution in [3.8, 4) is 0 Å². The number of benzene rings is 1. The van der Waals surface area contributed by atoms with Gasteiger partial charge in [-0.2, -0.15) is 0 Å². The predicted molar refractivity (Wildman–Crippen MR) is 66.0 cm³/mol. The third kappa shape index (κ3) is 2.54. The molecule has 0 amide bonds. The normalized spacial score (nSPS) is 9.94. The first kappa shape index (κ1) is 11.0. The van der Waals surface area contributed by atoms with Crippen LogP contribution in [0.25, 0.3) is 0 Å². The average Bonchev–Trinajstić information content (AvgIpc) is 2.33. The topological polar surface area (TPSA) is 78.9 Å². The Morgan fingerprint density at radius 3 is 2.53 bits per heavy atom. The molecule has 0 aliphatic rings. The van der Waals surface area contributed by atoms with E-state index in [0.717, 1.165) is 5.69 Å². The van der Waals surface area contributed by atoms with Gasteiger partial charge in [0.05, 0.1) is 5.69 Å². The van der Waals surface area contributed by atoms with Crippen molar-refractivity contribution in [2.24, 2.45) is 7.05 Å². The van der Waals surface area contributed by atoms with Gasteiger partial charge in [0, 0.05) is 13.2 Å². The molecule has 0 fully saturated rings. The number of hydrazine groups is 1. The number of hydrogen-bond acceptors (Lipinski definition) is 4. The summed E-state index contributed by atoms with van der Waals surface area (Å²) in [6.45, 7) is 0. The van der Waals surface area contributed by atoms with Crippen LogP contribution in [0, 0.1) is 0 Å². The molecule has 6 heteroatoms. The van der Waals surface area contributed by atoms with E-state index >= 15 is 0 Å². The van der Waals surface area contributed by atoms with Crippen LogP contribution in [0.5, 0.6) is 0 Å². The summed E-state index contributed by atoms with van der Waals surface area (Å²) in [7, 11) is 1.56. The summed E-state index contributed by atoms with van der Waals surface area (Å²) in [5.74, 6) is 0. The number of aromatic amines is 1. The molecule has 0 atom stereocenters. The highest BCUT2D eigenvalue weighted by molar-refractivity contribution is 5.50. The van der Waals surface area contributed by atoms with E-state index in [1.54, 1.807) is 7.05 Å².